The number of nitrogens with zero attached hydrogens (tertiary/aromatic N) is 2. The average Bonchev–Trinajstić information content (AvgIpc) is 2.05. The van der Waals surface area contributed by atoms with Gasteiger partial charge in [0.05, 0.1) is 0 Å². The van der Waals surface area contributed by atoms with Crippen molar-refractivity contribution in [3.8, 4) is 0 Å². The van der Waals surface area contributed by atoms with Gasteiger partial charge in [0.2, 0.25) is 0 Å². The van der Waals surface area contributed by atoms with Crippen LogP contribution in [0.4, 0.5) is 0 Å². The Morgan fingerprint density at radius 2 is 2.08 bits per heavy atom. The molecule has 0 radical (unpaired) electrons. The lowest BCUT2D eigenvalue weighted by molar-refractivity contribution is -0.113. The summed E-state index contributed by atoms with van der Waals surface area (Å²) in [5, 5.41) is 0. The Bertz CT molecular complexity index is 239. The Morgan fingerprint density at radius 1 is 1.50 bits per heavy atom. The Balaban J connectivity index is 4.72. The molecule has 0 saturated carbocycles. The number of ketones is 1. The first-order chi connectivity index (χ1) is 5.63. The number of hydrogen-bond acceptors (Lipinski definition) is 2. The highest BCUT2D eigenvalue weighted by Crippen LogP contribution is 2.09. The van der Waals surface area contributed by atoms with E-state index in [2.05, 4.69) is 16.7 Å². The lowest BCUT2D eigenvalue weighted by atomic mass is 10.1. The molecule has 0 rings (SSSR count). The summed E-state index contributed by atoms with van der Waals surface area (Å²) in [7, 11) is 0. The van der Waals surface area contributed by atoms with Crippen molar-refractivity contribution in [1.82, 2.24) is 0 Å². The Morgan fingerprint density at radius 3 is 2.42 bits per heavy atom. The molecule has 12 heavy (non-hydrogen) atoms. The SMILES string of the molecule is C=N/C=N\C(CC)=C(/C)C(C)=O. The first kappa shape index (κ1) is 10.8. The zero-order chi connectivity index (χ0) is 9.56. The molecule has 0 heterocycles. The molecule has 0 spiro atoms. The van der Waals surface area contributed by atoms with Crippen LogP contribution in [0, 0.1) is 0 Å². The van der Waals surface area contributed by atoms with Gasteiger partial charge in [-0.25, -0.2) is 4.99 Å². The fourth-order valence-corrected chi connectivity index (χ4v) is 0.767. The molecule has 0 N–H and O–H groups in total. The molecule has 0 fully saturated rings. The highest BCUT2D eigenvalue weighted by atomic mass is 16.1. The highest BCUT2D eigenvalue weighted by molar-refractivity contribution is 5.93. The van der Waals surface area contributed by atoms with Gasteiger partial charge in [-0.15, -0.1) is 0 Å². The van der Waals surface area contributed by atoms with Gasteiger partial charge in [0.1, 0.15) is 6.34 Å². The van der Waals surface area contributed by atoms with Crippen LogP contribution in [0.5, 0.6) is 0 Å². The predicted molar refractivity (Wildman–Crippen MR) is 51.7 cm³/mol. The zero-order valence-electron chi connectivity index (χ0n) is 7.79. The quantitative estimate of drug-likeness (QED) is 0.357. The topological polar surface area (TPSA) is 41.8 Å². The monoisotopic (exact) mass is 166 g/mol. The molecule has 0 atom stereocenters. The number of aliphatic imine (C=N–C) groups is 2. The minimum absolute atomic E-state index is 0.0491. The van der Waals surface area contributed by atoms with E-state index in [4.69, 9.17) is 0 Å². The van der Waals surface area contributed by atoms with Gasteiger partial charge in [-0.2, -0.15) is 0 Å². The summed E-state index contributed by atoms with van der Waals surface area (Å²) < 4.78 is 0. The van der Waals surface area contributed by atoms with E-state index in [9.17, 15) is 4.79 Å². The number of carbonyl (C=O) groups excluding carboxylic acids is 1. The summed E-state index contributed by atoms with van der Waals surface area (Å²) in [6.45, 7) is 8.51. The molecule has 3 nitrogen and oxygen atoms in total. The van der Waals surface area contributed by atoms with Gasteiger partial charge < -0.3 is 0 Å². The van der Waals surface area contributed by atoms with Crippen LogP contribution in [-0.2, 0) is 4.79 Å². The zero-order valence-corrected chi connectivity index (χ0v) is 7.79. The van der Waals surface area contributed by atoms with Crippen molar-refractivity contribution in [3.63, 3.8) is 0 Å². The minimum Gasteiger partial charge on any atom is -0.295 e. The Kier molecular flexibility index (Phi) is 4.84. The highest BCUT2D eigenvalue weighted by Gasteiger charge is 2.02. The molecule has 0 aliphatic heterocycles. The largest absolute Gasteiger partial charge is 0.295 e. The maximum absolute atomic E-state index is 10.9. The van der Waals surface area contributed by atoms with Crippen LogP contribution in [0.25, 0.3) is 0 Å². The van der Waals surface area contributed by atoms with E-state index < -0.39 is 0 Å². The van der Waals surface area contributed by atoms with Crippen molar-refractivity contribution in [3.05, 3.63) is 11.3 Å². The molecule has 0 aromatic carbocycles. The van der Waals surface area contributed by atoms with E-state index in [0.717, 1.165) is 12.1 Å². The maximum atomic E-state index is 10.9. The second kappa shape index (κ2) is 5.41. The average molecular weight is 166 g/mol. The number of hydrogen-bond donors (Lipinski definition) is 0. The summed E-state index contributed by atoms with van der Waals surface area (Å²) in [4.78, 5) is 18.4. The normalized spacial score (nSPS) is 12.9. The minimum atomic E-state index is 0.0491. The fourth-order valence-electron chi connectivity index (χ4n) is 0.767. The summed E-state index contributed by atoms with van der Waals surface area (Å²) in [5.74, 6) is 0.0491. The first-order valence-electron chi connectivity index (χ1n) is 3.82. The molecule has 0 unspecified atom stereocenters. The Labute approximate surface area is 72.9 Å². The molecule has 3 heteroatoms. The summed E-state index contributed by atoms with van der Waals surface area (Å²) in [5.41, 5.74) is 1.47. The third kappa shape index (κ3) is 3.23. The van der Waals surface area contributed by atoms with Crippen LogP contribution in [-0.4, -0.2) is 18.8 Å². The molecule has 0 saturated heterocycles. The number of carbonyl (C=O) groups is 1. The van der Waals surface area contributed by atoms with E-state index >= 15 is 0 Å². The van der Waals surface area contributed by atoms with Crippen LogP contribution in [0.3, 0.4) is 0 Å². The molecule has 0 aliphatic carbocycles. The first-order valence-corrected chi connectivity index (χ1v) is 3.82. The van der Waals surface area contributed by atoms with Crippen LogP contribution in [0.2, 0.25) is 0 Å². The van der Waals surface area contributed by atoms with Gasteiger partial charge >= 0.3 is 0 Å². The van der Waals surface area contributed by atoms with Gasteiger partial charge in [-0.05, 0) is 27.0 Å². The van der Waals surface area contributed by atoms with Crippen LogP contribution < -0.4 is 0 Å². The van der Waals surface area contributed by atoms with Crippen molar-refractivity contribution in [1.29, 1.82) is 0 Å². The van der Waals surface area contributed by atoms with E-state index in [1.807, 2.05) is 6.92 Å². The van der Waals surface area contributed by atoms with Crippen LogP contribution in [0.15, 0.2) is 21.3 Å². The smallest absolute Gasteiger partial charge is 0.157 e. The number of Topliss-reactive ketones (excluding diaryl/α,β-unsaturated/α-hetero) is 1. The summed E-state index contributed by atoms with van der Waals surface area (Å²) in [6.07, 6.45) is 2.09. The third-order valence-electron chi connectivity index (χ3n) is 1.59. The molecule has 66 valence electrons. The lowest BCUT2D eigenvalue weighted by Gasteiger charge is -2.00. The number of rotatable bonds is 4. The second-order valence-electron chi connectivity index (χ2n) is 2.41. The fraction of sp³-hybridized carbons (Fsp3) is 0.444. The molecule has 0 aromatic heterocycles. The number of allylic oxidation sites excluding steroid dienone is 2. The van der Waals surface area contributed by atoms with Crippen molar-refractivity contribution < 1.29 is 4.79 Å². The van der Waals surface area contributed by atoms with E-state index in [-0.39, 0.29) is 5.78 Å². The molecule has 0 aliphatic rings. The molecular formula is C9H14N2O. The molecule has 0 bridgehead atoms. The van der Waals surface area contributed by atoms with E-state index in [1.165, 1.54) is 13.3 Å². The van der Waals surface area contributed by atoms with Crippen LogP contribution in [0.1, 0.15) is 27.2 Å². The Hall–Kier alpha value is -1.25. The van der Waals surface area contributed by atoms with E-state index in [0.29, 0.717) is 5.57 Å². The van der Waals surface area contributed by atoms with Gasteiger partial charge in [-0.3, -0.25) is 9.79 Å². The van der Waals surface area contributed by atoms with Crippen molar-refractivity contribution in [2.75, 3.05) is 0 Å². The van der Waals surface area contributed by atoms with Gasteiger partial charge in [0.25, 0.3) is 0 Å². The molecule has 0 aromatic rings. The van der Waals surface area contributed by atoms with Gasteiger partial charge in [-0.1, -0.05) is 6.92 Å². The summed E-state index contributed by atoms with van der Waals surface area (Å²) in [6, 6.07) is 0. The third-order valence-corrected chi connectivity index (χ3v) is 1.59. The van der Waals surface area contributed by atoms with Crippen LogP contribution >= 0.6 is 0 Å². The summed E-state index contributed by atoms with van der Waals surface area (Å²) >= 11 is 0. The predicted octanol–water partition coefficient (Wildman–Crippen LogP) is 1.99. The lowest BCUT2D eigenvalue weighted by Crippen LogP contribution is -1.95. The standard InChI is InChI=1S/C9H14N2O/c1-5-9(11-6-10-4)7(2)8(3)12/h6H,4-5H2,1-3H3/b9-7+,11-6-. The van der Waals surface area contributed by atoms with Gasteiger partial charge in [0, 0.05) is 11.3 Å². The van der Waals surface area contributed by atoms with Crippen molar-refractivity contribution in [2.24, 2.45) is 9.98 Å². The van der Waals surface area contributed by atoms with Crippen molar-refractivity contribution in [2.45, 2.75) is 27.2 Å². The molecular weight excluding hydrogens is 152 g/mol. The van der Waals surface area contributed by atoms with Gasteiger partial charge in [0.15, 0.2) is 5.78 Å². The van der Waals surface area contributed by atoms with E-state index in [1.54, 1.807) is 6.92 Å². The second-order valence-corrected chi connectivity index (χ2v) is 2.41. The van der Waals surface area contributed by atoms with Crippen molar-refractivity contribution >= 4 is 18.8 Å². The maximum Gasteiger partial charge on any atom is 0.157 e. The molecule has 0 amide bonds.